The molecule has 1 aromatic carbocycles. The Labute approximate surface area is 109 Å². The van der Waals surface area contributed by atoms with E-state index in [4.69, 9.17) is 10.2 Å². The summed E-state index contributed by atoms with van der Waals surface area (Å²) in [5.41, 5.74) is 6.86. The van der Waals surface area contributed by atoms with Crippen LogP contribution in [0.4, 0.5) is 10.5 Å². The third kappa shape index (κ3) is 3.60. The van der Waals surface area contributed by atoms with Crippen molar-refractivity contribution in [2.75, 3.05) is 5.32 Å². The number of rotatable bonds is 4. The number of carbonyl (C=O) groups is 2. The topological polar surface area (TPSA) is 97.4 Å². The summed E-state index contributed by atoms with van der Waals surface area (Å²) in [5, 5.41) is 5.27. The Morgan fingerprint density at radius 3 is 2.79 bits per heavy atom. The second-order valence-corrected chi connectivity index (χ2v) is 3.88. The smallest absolute Gasteiger partial charge is 0.319 e. The highest BCUT2D eigenvalue weighted by molar-refractivity contribution is 5.95. The van der Waals surface area contributed by atoms with Crippen LogP contribution in [0.5, 0.6) is 0 Å². The fraction of sp³-hybridized carbons (Fsp3) is 0.0769. The molecule has 19 heavy (non-hydrogen) atoms. The van der Waals surface area contributed by atoms with Gasteiger partial charge in [-0.05, 0) is 24.3 Å². The van der Waals surface area contributed by atoms with Crippen LogP contribution in [0, 0.1) is 0 Å². The number of amides is 3. The van der Waals surface area contributed by atoms with E-state index in [0.717, 1.165) is 5.56 Å². The van der Waals surface area contributed by atoms with Gasteiger partial charge in [0.25, 0.3) is 0 Å². The molecule has 4 N–H and O–H groups in total. The van der Waals surface area contributed by atoms with Crippen molar-refractivity contribution in [3.8, 4) is 0 Å². The minimum absolute atomic E-state index is 0.340. The first-order chi connectivity index (χ1) is 9.15. The Kier molecular flexibility index (Phi) is 3.82. The second-order valence-electron chi connectivity index (χ2n) is 3.88. The zero-order valence-electron chi connectivity index (χ0n) is 10.1. The van der Waals surface area contributed by atoms with Crippen LogP contribution in [0.2, 0.25) is 0 Å². The fourth-order valence-corrected chi connectivity index (χ4v) is 1.50. The van der Waals surface area contributed by atoms with Gasteiger partial charge < -0.3 is 20.8 Å². The molecule has 0 radical (unpaired) electrons. The van der Waals surface area contributed by atoms with Crippen LogP contribution < -0.4 is 16.4 Å². The predicted molar refractivity (Wildman–Crippen MR) is 69.5 cm³/mol. The minimum Gasteiger partial charge on any atom is -0.472 e. The first-order valence-corrected chi connectivity index (χ1v) is 5.61. The standard InChI is InChI=1S/C13H13N3O3/c14-12(17)10-2-1-3-11(6-10)16-13(18)15-7-9-4-5-19-8-9/h1-6,8H,7H2,(H2,14,17)(H2,15,16,18). The lowest BCUT2D eigenvalue weighted by atomic mass is 10.2. The van der Waals surface area contributed by atoms with Crippen LogP contribution in [-0.2, 0) is 6.54 Å². The number of urea groups is 1. The molecular formula is C13H13N3O3. The monoisotopic (exact) mass is 259 g/mol. The van der Waals surface area contributed by atoms with E-state index >= 15 is 0 Å². The second kappa shape index (κ2) is 5.72. The van der Waals surface area contributed by atoms with E-state index in [0.29, 0.717) is 17.8 Å². The summed E-state index contributed by atoms with van der Waals surface area (Å²) >= 11 is 0. The van der Waals surface area contributed by atoms with Gasteiger partial charge in [-0.25, -0.2) is 4.79 Å². The van der Waals surface area contributed by atoms with Crippen molar-refractivity contribution in [2.45, 2.75) is 6.54 Å². The highest BCUT2D eigenvalue weighted by Crippen LogP contribution is 2.10. The summed E-state index contributed by atoms with van der Waals surface area (Å²) in [7, 11) is 0. The molecule has 0 saturated carbocycles. The number of hydrogen-bond acceptors (Lipinski definition) is 3. The van der Waals surface area contributed by atoms with Crippen LogP contribution in [0.1, 0.15) is 15.9 Å². The molecule has 0 aliphatic carbocycles. The van der Waals surface area contributed by atoms with E-state index in [1.54, 1.807) is 30.5 Å². The summed E-state index contributed by atoms with van der Waals surface area (Å²) in [5.74, 6) is -0.539. The maximum Gasteiger partial charge on any atom is 0.319 e. The largest absolute Gasteiger partial charge is 0.472 e. The highest BCUT2D eigenvalue weighted by Gasteiger charge is 2.05. The molecule has 0 saturated heterocycles. The number of hydrogen-bond donors (Lipinski definition) is 3. The average Bonchev–Trinajstić information content (AvgIpc) is 2.90. The summed E-state index contributed by atoms with van der Waals surface area (Å²) in [4.78, 5) is 22.6. The Balaban J connectivity index is 1.91. The molecule has 6 heteroatoms. The van der Waals surface area contributed by atoms with Gasteiger partial charge >= 0.3 is 6.03 Å². The van der Waals surface area contributed by atoms with Gasteiger partial charge in [0.2, 0.25) is 5.91 Å². The molecule has 1 aromatic heterocycles. The summed E-state index contributed by atoms with van der Waals surface area (Å²) < 4.78 is 4.88. The maximum atomic E-state index is 11.6. The number of furan rings is 1. The van der Waals surface area contributed by atoms with Gasteiger partial charge in [-0.1, -0.05) is 6.07 Å². The molecule has 0 spiro atoms. The molecular weight excluding hydrogens is 246 g/mol. The van der Waals surface area contributed by atoms with Crippen molar-refractivity contribution in [3.63, 3.8) is 0 Å². The molecule has 0 aliphatic rings. The fourth-order valence-electron chi connectivity index (χ4n) is 1.50. The SMILES string of the molecule is NC(=O)c1cccc(NC(=O)NCc2ccoc2)c1. The first kappa shape index (κ1) is 12.7. The van der Waals surface area contributed by atoms with Crippen LogP contribution in [-0.4, -0.2) is 11.9 Å². The van der Waals surface area contributed by atoms with Gasteiger partial charge in [0.15, 0.2) is 0 Å². The van der Waals surface area contributed by atoms with Crippen molar-refractivity contribution >= 4 is 17.6 Å². The maximum absolute atomic E-state index is 11.6. The van der Waals surface area contributed by atoms with Crippen LogP contribution in [0.25, 0.3) is 0 Å². The molecule has 0 aliphatic heterocycles. The minimum atomic E-state index is -0.539. The van der Waals surface area contributed by atoms with Gasteiger partial charge in [-0.2, -0.15) is 0 Å². The van der Waals surface area contributed by atoms with E-state index in [-0.39, 0.29) is 6.03 Å². The normalized spacial score (nSPS) is 9.89. The number of benzene rings is 1. The molecule has 0 bridgehead atoms. The van der Waals surface area contributed by atoms with Crippen molar-refractivity contribution in [2.24, 2.45) is 5.73 Å². The number of carbonyl (C=O) groups excluding carboxylic acids is 2. The van der Waals surface area contributed by atoms with Crippen LogP contribution >= 0.6 is 0 Å². The number of anilines is 1. The van der Waals surface area contributed by atoms with Gasteiger partial charge in [0.1, 0.15) is 0 Å². The summed E-state index contributed by atoms with van der Waals surface area (Å²) in [6, 6.07) is 7.79. The van der Waals surface area contributed by atoms with Gasteiger partial charge in [0.05, 0.1) is 12.5 Å². The third-order valence-corrected chi connectivity index (χ3v) is 2.44. The number of nitrogens with two attached hydrogens (primary N) is 1. The number of primary amides is 1. The molecule has 98 valence electrons. The molecule has 6 nitrogen and oxygen atoms in total. The molecule has 2 aromatic rings. The number of nitrogens with one attached hydrogen (secondary N) is 2. The van der Waals surface area contributed by atoms with Crippen molar-refractivity contribution in [1.82, 2.24) is 5.32 Å². The Bertz CT molecular complexity index is 579. The lowest BCUT2D eigenvalue weighted by Gasteiger charge is -2.07. The average molecular weight is 259 g/mol. The predicted octanol–water partition coefficient (Wildman–Crippen LogP) is 1.70. The van der Waals surface area contributed by atoms with Crippen LogP contribution in [0.3, 0.4) is 0 Å². The lowest BCUT2D eigenvalue weighted by Crippen LogP contribution is -2.28. The van der Waals surface area contributed by atoms with Gasteiger partial charge in [-0.15, -0.1) is 0 Å². The van der Waals surface area contributed by atoms with Crippen molar-refractivity contribution in [3.05, 3.63) is 54.0 Å². The zero-order valence-corrected chi connectivity index (χ0v) is 10.1. The van der Waals surface area contributed by atoms with E-state index in [2.05, 4.69) is 10.6 Å². The summed E-state index contributed by atoms with van der Waals surface area (Å²) in [6.07, 6.45) is 3.08. The molecule has 0 atom stereocenters. The third-order valence-electron chi connectivity index (χ3n) is 2.44. The molecule has 0 fully saturated rings. The molecule has 1 heterocycles. The van der Waals surface area contributed by atoms with Crippen LogP contribution in [0.15, 0.2) is 47.3 Å². The highest BCUT2D eigenvalue weighted by atomic mass is 16.3. The van der Waals surface area contributed by atoms with Crippen molar-refractivity contribution < 1.29 is 14.0 Å². The Hall–Kier alpha value is -2.76. The molecule has 0 unspecified atom stereocenters. The van der Waals surface area contributed by atoms with E-state index < -0.39 is 5.91 Å². The van der Waals surface area contributed by atoms with Gasteiger partial charge in [-0.3, -0.25) is 4.79 Å². The quantitative estimate of drug-likeness (QED) is 0.779. The molecule has 2 rings (SSSR count). The Morgan fingerprint density at radius 2 is 2.11 bits per heavy atom. The lowest BCUT2D eigenvalue weighted by molar-refractivity contribution is 0.100. The van der Waals surface area contributed by atoms with E-state index in [1.165, 1.54) is 12.3 Å². The summed E-state index contributed by atoms with van der Waals surface area (Å²) in [6.45, 7) is 0.359. The van der Waals surface area contributed by atoms with E-state index in [9.17, 15) is 9.59 Å². The Morgan fingerprint density at radius 1 is 1.26 bits per heavy atom. The van der Waals surface area contributed by atoms with Crippen molar-refractivity contribution in [1.29, 1.82) is 0 Å². The zero-order chi connectivity index (χ0) is 13.7. The molecule has 3 amide bonds. The first-order valence-electron chi connectivity index (χ1n) is 5.61. The van der Waals surface area contributed by atoms with E-state index in [1.807, 2.05) is 0 Å². The van der Waals surface area contributed by atoms with Gasteiger partial charge in [0, 0.05) is 23.4 Å².